The van der Waals surface area contributed by atoms with Crippen molar-refractivity contribution in [3.8, 4) is 0 Å². The maximum atomic E-state index is 10.6. The van der Waals surface area contributed by atoms with E-state index in [1.807, 2.05) is 0 Å². The maximum absolute atomic E-state index is 10.6. The van der Waals surface area contributed by atoms with Gasteiger partial charge in [-0.2, -0.15) is 0 Å². The Morgan fingerprint density at radius 2 is 1.85 bits per heavy atom. The summed E-state index contributed by atoms with van der Waals surface area (Å²) in [5, 5.41) is 13.9. The molecule has 0 saturated carbocycles. The first kappa shape index (κ1) is 14.7. The third-order valence-corrected chi connectivity index (χ3v) is 3.74. The number of benzene rings is 2. The number of aryl methyl sites for hydroxylation is 1. The monoisotopic (exact) mass is 334 g/mol. The van der Waals surface area contributed by atoms with Crippen LogP contribution in [0, 0.1) is 17.0 Å². The molecule has 0 unspecified atom stereocenters. The molecule has 0 saturated heterocycles. The predicted octanol–water partition coefficient (Wildman–Crippen LogP) is 3.96. The van der Waals surface area contributed by atoms with Gasteiger partial charge in [0.15, 0.2) is 0 Å². The molecule has 4 nitrogen and oxygen atoms in total. The van der Waals surface area contributed by atoms with E-state index in [0.717, 1.165) is 16.6 Å². The van der Waals surface area contributed by atoms with Crippen LogP contribution in [0.5, 0.6) is 0 Å². The van der Waals surface area contributed by atoms with Gasteiger partial charge in [0.1, 0.15) is 0 Å². The number of non-ortho nitro benzene ring substituents is 1. The minimum atomic E-state index is -0.388. The van der Waals surface area contributed by atoms with Crippen molar-refractivity contribution < 1.29 is 4.92 Å². The molecule has 5 heteroatoms. The second-order valence-corrected chi connectivity index (χ2v) is 5.48. The number of halogens is 1. The molecule has 0 radical (unpaired) electrons. The third-order valence-electron chi connectivity index (χ3n) is 3.00. The molecule has 0 aliphatic carbocycles. The molecule has 104 valence electrons. The summed E-state index contributed by atoms with van der Waals surface area (Å²) in [6, 6.07) is 12.8. The SMILES string of the molecule is Cc1ccc(CNCc2ccc([N+](=O)[O-])cc2)c(Br)c1. The van der Waals surface area contributed by atoms with E-state index in [0.29, 0.717) is 6.54 Å². The fourth-order valence-electron chi connectivity index (χ4n) is 1.87. The number of hydrogen-bond donors (Lipinski definition) is 1. The molecule has 0 aromatic heterocycles. The van der Waals surface area contributed by atoms with Crippen LogP contribution in [0.1, 0.15) is 16.7 Å². The quantitative estimate of drug-likeness (QED) is 0.665. The lowest BCUT2D eigenvalue weighted by Crippen LogP contribution is -2.13. The highest BCUT2D eigenvalue weighted by Gasteiger charge is 2.04. The van der Waals surface area contributed by atoms with Gasteiger partial charge in [0.25, 0.3) is 5.69 Å². The lowest BCUT2D eigenvalue weighted by atomic mass is 10.1. The summed E-state index contributed by atoms with van der Waals surface area (Å²) in [6.07, 6.45) is 0. The van der Waals surface area contributed by atoms with Crippen LogP contribution in [0.3, 0.4) is 0 Å². The van der Waals surface area contributed by atoms with Crippen molar-refractivity contribution >= 4 is 21.6 Å². The van der Waals surface area contributed by atoms with Gasteiger partial charge in [-0.15, -0.1) is 0 Å². The lowest BCUT2D eigenvalue weighted by Gasteiger charge is -2.08. The number of nitro groups is 1. The first-order chi connectivity index (χ1) is 9.56. The van der Waals surface area contributed by atoms with Gasteiger partial charge in [0.2, 0.25) is 0 Å². The molecule has 2 aromatic carbocycles. The second kappa shape index (κ2) is 6.63. The molecule has 0 aliphatic heterocycles. The normalized spacial score (nSPS) is 10.5. The van der Waals surface area contributed by atoms with Crippen LogP contribution in [-0.4, -0.2) is 4.92 Å². The summed E-state index contributed by atoms with van der Waals surface area (Å²) in [5.41, 5.74) is 3.56. The van der Waals surface area contributed by atoms with E-state index in [-0.39, 0.29) is 10.6 Å². The Morgan fingerprint density at radius 1 is 1.15 bits per heavy atom. The number of hydrogen-bond acceptors (Lipinski definition) is 3. The molecular weight excluding hydrogens is 320 g/mol. The smallest absolute Gasteiger partial charge is 0.269 e. The molecule has 0 heterocycles. The van der Waals surface area contributed by atoms with Gasteiger partial charge in [0.05, 0.1) is 4.92 Å². The van der Waals surface area contributed by atoms with Crippen LogP contribution < -0.4 is 5.32 Å². The van der Waals surface area contributed by atoms with Crippen molar-refractivity contribution in [2.24, 2.45) is 0 Å². The molecule has 0 aliphatic rings. The highest BCUT2D eigenvalue weighted by Crippen LogP contribution is 2.18. The highest BCUT2D eigenvalue weighted by atomic mass is 79.9. The molecule has 0 fully saturated rings. The van der Waals surface area contributed by atoms with Crippen LogP contribution >= 0.6 is 15.9 Å². The van der Waals surface area contributed by atoms with E-state index in [1.54, 1.807) is 12.1 Å². The van der Waals surface area contributed by atoms with Crippen LogP contribution in [0.2, 0.25) is 0 Å². The zero-order chi connectivity index (χ0) is 14.5. The lowest BCUT2D eigenvalue weighted by molar-refractivity contribution is -0.384. The van der Waals surface area contributed by atoms with E-state index < -0.39 is 0 Å². The average molecular weight is 335 g/mol. The number of rotatable bonds is 5. The fourth-order valence-corrected chi connectivity index (χ4v) is 2.51. The largest absolute Gasteiger partial charge is 0.309 e. The molecule has 0 bridgehead atoms. The standard InChI is InChI=1S/C15H15BrN2O2/c1-11-2-5-13(15(16)8-11)10-17-9-12-3-6-14(7-4-12)18(19)20/h2-8,17H,9-10H2,1H3. The molecule has 0 spiro atoms. The van der Waals surface area contributed by atoms with Crippen molar-refractivity contribution in [2.45, 2.75) is 20.0 Å². The summed E-state index contributed by atoms with van der Waals surface area (Å²) >= 11 is 3.54. The highest BCUT2D eigenvalue weighted by molar-refractivity contribution is 9.10. The number of nitrogens with one attached hydrogen (secondary N) is 1. The van der Waals surface area contributed by atoms with Crippen molar-refractivity contribution in [3.63, 3.8) is 0 Å². The summed E-state index contributed by atoms with van der Waals surface area (Å²) in [6.45, 7) is 3.48. The van der Waals surface area contributed by atoms with Gasteiger partial charge in [-0.25, -0.2) is 0 Å². The van der Waals surface area contributed by atoms with E-state index in [1.165, 1.54) is 23.3 Å². The topological polar surface area (TPSA) is 55.2 Å². The van der Waals surface area contributed by atoms with Crippen molar-refractivity contribution in [1.82, 2.24) is 5.32 Å². The molecular formula is C15H15BrN2O2. The van der Waals surface area contributed by atoms with Crippen molar-refractivity contribution in [2.75, 3.05) is 0 Å². The molecule has 0 amide bonds. The molecule has 20 heavy (non-hydrogen) atoms. The summed E-state index contributed by atoms with van der Waals surface area (Å²) in [5.74, 6) is 0. The van der Waals surface area contributed by atoms with Gasteiger partial charge in [-0.05, 0) is 29.7 Å². The fraction of sp³-hybridized carbons (Fsp3) is 0.200. The predicted molar refractivity (Wildman–Crippen MR) is 82.5 cm³/mol. The van der Waals surface area contributed by atoms with Gasteiger partial charge < -0.3 is 5.32 Å². The minimum Gasteiger partial charge on any atom is -0.309 e. The zero-order valence-corrected chi connectivity index (χ0v) is 12.7. The number of nitro benzene ring substituents is 1. The summed E-state index contributed by atoms with van der Waals surface area (Å²) in [4.78, 5) is 10.2. The van der Waals surface area contributed by atoms with Gasteiger partial charge in [-0.1, -0.05) is 40.2 Å². The Labute approximate surface area is 126 Å². The molecule has 1 N–H and O–H groups in total. The van der Waals surface area contributed by atoms with Gasteiger partial charge in [0, 0.05) is 29.7 Å². The van der Waals surface area contributed by atoms with Crippen molar-refractivity contribution in [3.05, 3.63) is 73.7 Å². The van der Waals surface area contributed by atoms with Gasteiger partial charge in [-0.3, -0.25) is 10.1 Å². The minimum absolute atomic E-state index is 0.120. The average Bonchev–Trinajstić information content (AvgIpc) is 2.42. The van der Waals surface area contributed by atoms with E-state index >= 15 is 0 Å². The third kappa shape index (κ3) is 3.88. The Kier molecular flexibility index (Phi) is 4.87. The van der Waals surface area contributed by atoms with Crippen LogP contribution in [0.4, 0.5) is 5.69 Å². The van der Waals surface area contributed by atoms with E-state index in [9.17, 15) is 10.1 Å². The Hall–Kier alpha value is -1.72. The van der Waals surface area contributed by atoms with Gasteiger partial charge >= 0.3 is 0 Å². The van der Waals surface area contributed by atoms with Crippen LogP contribution in [-0.2, 0) is 13.1 Å². The summed E-state index contributed by atoms with van der Waals surface area (Å²) in [7, 11) is 0. The second-order valence-electron chi connectivity index (χ2n) is 4.62. The maximum Gasteiger partial charge on any atom is 0.269 e. The van der Waals surface area contributed by atoms with E-state index in [4.69, 9.17) is 0 Å². The first-order valence-electron chi connectivity index (χ1n) is 6.25. The molecule has 2 aromatic rings. The van der Waals surface area contributed by atoms with E-state index in [2.05, 4.69) is 46.4 Å². The van der Waals surface area contributed by atoms with Crippen LogP contribution in [0.15, 0.2) is 46.9 Å². The zero-order valence-electron chi connectivity index (χ0n) is 11.1. The molecule has 0 atom stereocenters. The Balaban J connectivity index is 1.91. The molecule has 2 rings (SSSR count). The first-order valence-corrected chi connectivity index (χ1v) is 7.04. The Morgan fingerprint density at radius 3 is 2.45 bits per heavy atom. The summed E-state index contributed by atoms with van der Waals surface area (Å²) < 4.78 is 1.09. The number of nitrogens with zero attached hydrogens (tertiary/aromatic N) is 1. The Bertz CT molecular complexity index is 612. The van der Waals surface area contributed by atoms with Crippen LogP contribution in [0.25, 0.3) is 0 Å². The van der Waals surface area contributed by atoms with Crippen molar-refractivity contribution in [1.29, 1.82) is 0 Å².